The molecule has 22 heavy (non-hydrogen) atoms. The SMILES string of the molecule is O=C(NCc1ccnc(S(=O)(=O)C2CC2)c1)c1ccncc1. The predicted molar refractivity (Wildman–Crippen MR) is 79.9 cm³/mol. The topological polar surface area (TPSA) is 89.0 Å². The quantitative estimate of drug-likeness (QED) is 0.899. The molecular formula is C15H15N3O3S. The van der Waals surface area contributed by atoms with Gasteiger partial charge in [0.05, 0.1) is 5.25 Å². The molecule has 0 atom stereocenters. The molecule has 1 N–H and O–H groups in total. The van der Waals surface area contributed by atoms with Crippen LogP contribution < -0.4 is 5.32 Å². The summed E-state index contributed by atoms with van der Waals surface area (Å²) in [5.74, 6) is -0.231. The van der Waals surface area contributed by atoms with Gasteiger partial charge in [0.15, 0.2) is 14.9 Å². The van der Waals surface area contributed by atoms with E-state index in [4.69, 9.17) is 0 Å². The van der Waals surface area contributed by atoms with Crippen molar-refractivity contribution in [1.82, 2.24) is 15.3 Å². The van der Waals surface area contributed by atoms with Crippen LogP contribution in [0.25, 0.3) is 0 Å². The number of amides is 1. The lowest BCUT2D eigenvalue weighted by molar-refractivity contribution is 0.0950. The number of nitrogens with one attached hydrogen (secondary N) is 1. The smallest absolute Gasteiger partial charge is 0.251 e. The Morgan fingerprint density at radius 3 is 2.59 bits per heavy atom. The van der Waals surface area contributed by atoms with Gasteiger partial charge in [0, 0.05) is 30.7 Å². The first kappa shape index (κ1) is 14.6. The van der Waals surface area contributed by atoms with Crippen molar-refractivity contribution in [2.75, 3.05) is 0 Å². The van der Waals surface area contributed by atoms with Crippen molar-refractivity contribution >= 4 is 15.7 Å². The van der Waals surface area contributed by atoms with Crippen LogP contribution in [0.5, 0.6) is 0 Å². The highest BCUT2D eigenvalue weighted by molar-refractivity contribution is 7.92. The summed E-state index contributed by atoms with van der Waals surface area (Å²) in [5, 5.41) is 2.55. The van der Waals surface area contributed by atoms with E-state index in [2.05, 4.69) is 15.3 Å². The van der Waals surface area contributed by atoms with Crippen molar-refractivity contribution in [3.63, 3.8) is 0 Å². The molecule has 114 valence electrons. The number of rotatable bonds is 5. The van der Waals surface area contributed by atoms with Gasteiger partial charge in [-0.25, -0.2) is 13.4 Å². The molecule has 0 aromatic carbocycles. The van der Waals surface area contributed by atoms with Gasteiger partial charge in [-0.2, -0.15) is 0 Å². The lowest BCUT2D eigenvalue weighted by atomic mass is 10.2. The number of sulfone groups is 1. The van der Waals surface area contributed by atoms with Crippen LogP contribution in [-0.4, -0.2) is 29.5 Å². The fraction of sp³-hybridized carbons (Fsp3) is 0.267. The van der Waals surface area contributed by atoms with E-state index in [1.807, 2.05) is 0 Å². The third-order valence-electron chi connectivity index (χ3n) is 3.45. The second-order valence-electron chi connectivity index (χ2n) is 5.17. The van der Waals surface area contributed by atoms with Crippen molar-refractivity contribution in [2.45, 2.75) is 29.7 Å². The fourth-order valence-corrected chi connectivity index (χ4v) is 3.67. The Bertz CT molecular complexity index is 787. The Hall–Kier alpha value is -2.28. The average Bonchev–Trinajstić information content (AvgIpc) is 3.39. The first-order valence-corrected chi connectivity index (χ1v) is 8.49. The minimum atomic E-state index is -3.31. The maximum atomic E-state index is 12.1. The maximum Gasteiger partial charge on any atom is 0.251 e. The molecule has 2 heterocycles. The minimum Gasteiger partial charge on any atom is -0.348 e. The molecule has 2 aromatic heterocycles. The molecule has 0 unspecified atom stereocenters. The molecule has 1 aliphatic rings. The third-order valence-corrected chi connectivity index (χ3v) is 5.60. The van der Waals surface area contributed by atoms with Crippen LogP contribution in [0.4, 0.5) is 0 Å². The van der Waals surface area contributed by atoms with Crippen molar-refractivity contribution in [2.24, 2.45) is 0 Å². The summed E-state index contributed by atoms with van der Waals surface area (Å²) in [6.45, 7) is 0.247. The molecular weight excluding hydrogens is 302 g/mol. The van der Waals surface area contributed by atoms with E-state index in [0.29, 0.717) is 24.0 Å². The molecule has 0 saturated heterocycles. The van der Waals surface area contributed by atoms with Gasteiger partial charge >= 0.3 is 0 Å². The highest BCUT2D eigenvalue weighted by Crippen LogP contribution is 2.32. The standard InChI is InChI=1S/C15H15N3O3S/c19-15(12-4-6-16-7-5-12)18-10-11-3-8-17-14(9-11)22(20,21)13-1-2-13/h3-9,13H,1-2,10H2,(H,18,19). The summed E-state index contributed by atoms with van der Waals surface area (Å²) in [7, 11) is -3.31. The molecule has 1 fully saturated rings. The Kier molecular flexibility index (Phi) is 3.89. The van der Waals surface area contributed by atoms with E-state index in [1.165, 1.54) is 12.3 Å². The van der Waals surface area contributed by atoms with Crippen molar-refractivity contribution in [3.8, 4) is 0 Å². The van der Waals surface area contributed by atoms with E-state index >= 15 is 0 Å². The van der Waals surface area contributed by atoms with Crippen LogP contribution in [0.15, 0.2) is 47.9 Å². The molecule has 0 bridgehead atoms. The second kappa shape index (κ2) is 5.84. The molecule has 2 aromatic rings. The van der Waals surface area contributed by atoms with E-state index in [1.54, 1.807) is 30.6 Å². The minimum absolute atomic E-state index is 0.0886. The second-order valence-corrected chi connectivity index (χ2v) is 7.34. The van der Waals surface area contributed by atoms with Crippen LogP contribution in [0.3, 0.4) is 0 Å². The molecule has 1 amide bonds. The van der Waals surface area contributed by atoms with E-state index in [9.17, 15) is 13.2 Å². The first-order chi connectivity index (χ1) is 10.6. The lowest BCUT2D eigenvalue weighted by Gasteiger charge is -2.07. The number of carbonyl (C=O) groups is 1. The van der Waals surface area contributed by atoms with Crippen LogP contribution in [0, 0.1) is 0 Å². The zero-order chi connectivity index (χ0) is 15.6. The van der Waals surface area contributed by atoms with E-state index in [-0.39, 0.29) is 22.7 Å². The lowest BCUT2D eigenvalue weighted by Crippen LogP contribution is -2.23. The van der Waals surface area contributed by atoms with Gasteiger partial charge < -0.3 is 5.32 Å². The first-order valence-electron chi connectivity index (χ1n) is 6.94. The molecule has 0 spiro atoms. The van der Waals surface area contributed by atoms with Crippen LogP contribution >= 0.6 is 0 Å². The Morgan fingerprint density at radius 1 is 1.18 bits per heavy atom. The predicted octanol–water partition coefficient (Wildman–Crippen LogP) is 1.34. The van der Waals surface area contributed by atoms with Crippen LogP contribution in [0.2, 0.25) is 0 Å². The third kappa shape index (κ3) is 3.14. The molecule has 1 saturated carbocycles. The van der Waals surface area contributed by atoms with Gasteiger partial charge in [0.1, 0.15) is 0 Å². The summed E-state index contributed by atoms with van der Waals surface area (Å²) in [5.41, 5.74) is 1.21. The molecule has 6 nitrogen and oxygen atoms in total. The zero-order valence-electron chi connectivity index (χ0n) is 11.8. The monoisotopic (exact) mass is 317 g/mol. The van der Waals surface area contributed by atoms with Crippen molar-refractivity contribution in [1.29, 1.82) is 0 Å². The zero-order valence-corrected chi connectivity index (χ0v) is 12.6. The van der Waals surface area contributed by atoms with Crippen molar-refractivity contribution in [3.05, 3.63) is 54.0 Å². The van der Waals surface area contributed by atoms with Gasteiger partial charge in [-0.05, 0) is 42.7 Å². The average molecular weight is 317 g/mol. The van der Waals surface area contributed by atoms with E-state index < -0.39 is 9.84 Å². The molecule has 0 aliphatic heterocycles. The number of hydrogen-bond acceptors (Lipinski definition) is 5. The molecule has 1 aliphatic carbocycles. The van der Waals surface area contributed by atoms with Crippen LogP contribution in [-0.2, 0) is 16.4 Å². The van der Waals surface area contributed by atoms with Gasteiger partial charge in [-0.3, -0.25) is 9.78 Å². The normalized spacial score (nSPS) is 14.5. The van der Waals surface area contributed by atoms with E-state index in [0.717, 1.165) is 0 Å². The van der Waals surface area contributed by atoms with Crippen LogP contribution in [0.1, 0.15) is 28.8 Å². The number of aromatic nitrogens is 2. The summed E-state index contributed by atoms with van der Waals surface area (Å²) < 4.78 is 24.3. The van der Waals surface area contributed by atoms with Gasteiger partial charge in [-0.1, -0.05) is 0 Å². The number of carbonyl (C=O) groups excluding carboxylic acids is 1. The number of pyridine rings is 2. The summed E-state index contributed by atoms with van der Waals surface area (Å²) in [6.07, 6.45) is 5.95. The Balaban J connectivity index is 1.70. The summed E-state index contributed by atoms with van der Waals surface area (Å²) >= 11 is 0. The highest BCUT2D eigenvalue weighted by atomic mass is 32.2. The van der Waals surface area contributed by atoms with Gasteiger partial charge in [0.25, 0.3) is 5.91 Å². The summed E-state index contributed by atoms with van der Waals surface area (Å²) in [4.78, 5) is 19.7. The Labute approximate surface area is 128 Å². The fourth-order valence-electron chi connectivity index (χ4n) is 2.05. The van der Waals surface area contributed by atoms with Gasteiger partial charge in [-0.15, -0.1) is 0 Å². The largest absolute Gasteiger partial charge is 0.348 e. The van der Waals surface area contributed by atoms with Crippen molar-refractivity contribution < 1.29 is 13.2 Å². The van der Waals surface area contributed by atoms with Gasteiger partial charge in [0.2, 0.25) is 0 Å². The molecule has 3 rings (SSSR count). The highest BCUT2D eigenvalue weighted by Gasteiger charge is 2.37. The molecule has 0 radical (unpaired) electrons. The number of nitrogens with zero attached hydrogens (tertiary/aromatic N) is 2. The molecule has 7 heteroatoms. The maximum absolute atomic E-state index is 12.1. The Morgan fingerprint density at radius 2 is 1.91 bits per heavy atom. The summed E-state index contributed by atoms with van der Waals surface area (Å²) in [6, 6.07) is 6.45. The number of hydrogen-bond donors (Lipinski definition) is 1.